The van der Waals surface area contributed by atoms with Crippen LogP contribution >= 0.6 is 0 Å². The lowest BCUT2D eigenvalue weighted by Gasteiger charge is -2.22. The first kappa shape index (κ1) is 20.2. The molecule has 1 fully saturated rings. The molecule has 2 aromatic carbocycles. The topological polar surface area (TPSA) is 48.9 Å². The van der Waals surface area contributed by atoms with Crippen LogP contribution in [0.5, 0.6) is 0 Å². The van der Waals surface area contributed by atoms with Gasteiger partial charge >= 0.3 is 0 Å². The van der Waals surface area contributed by atoms with Gasteiger partial charge in [-0.15, -0.1) is 0 Å². The normalized spacial score (nSPS) is 15.5. The molecule has 1 heterocycles. The second-order valence-corrected chi connectivity index (χ2v) is 7.19. The van der Waals surface area contributed by atoms with E-state index in [2.05, 4.69) is 63.8 Å². The van der Waals surface area contributed by atoms with Crippen molar-refractivity contribution < 1.29 is 4.74 Å². The fourth-order valence-electron chi connectivity index (χ4n) is 3.46. The van der Waals surface area contributed by atoms with E-state index >= 15 is 0 Å². The molecular weight excluding hydrogens is 348 g/mol. The van der Waals surface area contributed by atoms with Gasteiger partial charge in [0.2, 0.25) is 0 Å². The van der Waals surface area contributed by atoms with E-state index < -0.39 is 0 Å². The van der Waals surface area contributed by atoms with Crippen molar-refractivity contribution in [2.75, 3.05) is 38.2 Å². The molecule has 1 atom stereocenters. The molecule has 0 saturated carbocycles. The Morgan fingerprint density at radius 2 is 1.89 bits per heavy atom. The first-order chi connectivity index (χ1) is 13.8. The molecule has 5 heteroatoms. The fourth-order valence-corrected chi connectivity index (χ4v) is 3.46. The summed E-state index contributed by atoms with van der Waals surface area (Å²) in [6.45, 7) is 6.48. The number of ether oxygens (including phenoxy) is 1. The molecule has 0 radical (unpaired) electrons. The summed E-state index contributed by atoms with van der Waals surface area (Å²) in [5.41, 5.74) is 3.78. The standard InChI is InChI=1S/C23H32N4O/c1-19(21-11-8-12-22(17-21)27-14-6-7-15-27)26-23(24-2)25-13-16-28-18-20-9-4-3-5-10-20/h3-5,8-12,17,19H,6-7,13-16,18H2,1-2H3,(H2,24,25,26). The van der Waals surface area contributed by atoms with Crippen molar-refractivity contribution in [2.24, 2.45) is 4.99 Å². The van der Waals surface area contributed by atoms with Gasteiger partial charge in [-0.3, -0.25) is 4.99 Å². The number of guanidine groups is 1. The number of nitrogens with one attached hydrogen (secondary N) is 2. The van der Waals surface area contributed by atoms with Gasteiger partial charge < -0.3 is 20.3 Å². The average molecular weight is 381 g/mol. The SMILES string of the molecule is CN=C(NCCOCc1ccccc1)NC(C)c1cccc(N2CCCC2)c1. The molecule has 1 aliphatic heterocycles. The zero-order valence-electron chi connectivity index (χ0n) is 17.0. The third-order valence-electron chi connectivity index (χ3n) is 5.07. The van der Waals surface area contributed by atoms with Crippen molar-refractivity contribution in [2.45, 2.75) is 32.4 Å². The summed E-state index contributed by atoms with van der Waals surface area (Å²) in [6, 6.07) is 19.2. The maximum Gasteiger partial charge on any atom is 0.191 e. The highest BCUT2D eigenvalue weighted by Crippen LogP contribution is 2.23. The summed E-state index contributed by atoms with van der Waals surface area (Å²) in [7, 11) is 1.80. The Hall–Kier alpha value is -2.53. The molecule has 1 aliphatic rings. The maximum atomic E-state index is 5.73. The number of hydrogen-bond acceptors (Lipinski definition) is 3. The van der Waals surface area contributed by atoms with Crippen molar-refractivity contribution in [3.05, 3.63) is 65.7 Å². The molecule has 5 nitrogen and oxygen atoms in total. The lowest BCUT2D eigenvalue weighted by atomic mass is 10.1. The number of rotatable bonds is 8. The molecule has 3 rings (SSSR count). The Bertz CT molecular complexity index is 741. The van der Waals surface area contributed by atoms with Crippen LogP contribution in [0.25, 0.3) is 0 Å². The lowest BCUT2D eigenvalue weighted by Crippen LogP contribution is -2.40. The van der Waals surface area contributed by atoms with Gasteiger partial charge in [-0.25, -0.2) is 0 Å². The summed E-state index contributed by atoms with van der Waals surface area (Å²) >= 11 is 0. The highest BCUT2D eigenvalue weighted by Gasteiger charge is 2.14. The van der Waals surface area contributed by atoms with Crippen LogP contribution in [-0.4, -0.2) is 39.2 Å². The Labute approximate surface area is 168 Å². The maximum absolute atomic E-state index is 5.73. The fraction of sp³-hybridized carbons (Fsp3) is 0.435. The van der Waals surface area contributed by atoms with Gasteiger partial charge in [-0.1, -0.05) is 42.5 Å². The second-order valence-electron chi connectivity index (χ2n) is 7.19. The van der Waals surface area contributed by atoms with E-state index in [9.17, 15) is 0 Å². The van der Waals surface area contributed by atoms with Crippen molar-refractivity contribution in [1.29, 1.82) is 0 Å². The van der Waals surface area contributed by atoms with Gasteiger partial charge in [0.15, 0.2) is 5.96 Å². The molecule has 2 N–H and O–H groups in total. The first-order valence-electron chi connectivity index (χ1n) is 10.2. The number of nitrogens with zero attached hydrogens (tertiary/aromatic N) is 2. The third-order valence-corrected chi connectivity index (χ3v) is 5.07. The van der Waals surface area contributed by atoms with Crippen molar-refractivity contribution in [3.8, 4) is 0 Å². The van der Waals surface area contributed by atoms with Gasteiger partial charge in [0, 0.05) is 32.4 Å². The first-order valence-corrected chi connectivity index (χ1v) is 10.2. The zero-order valence-corrected chi connectivity index (χ0v) is 17.0. The smallest absolute Gasteiger partial charge is 0.191 e. The van der Waals surface area contributed by atoms with Gasteiger partial charge in [0.05, 0.1) is 19.3 Å². The Kier molecular flexibility index (Phi) is 7.73. The van der Waals surface area contributed by atoms with E-state index in [1.54, 1.807) is 7.05 Å². The quantitative estimate of drug-likeness (QED) is 0.416. The van der Waals surface area contributed by atoms with Crippen LogP contribution in [0.15, 0.2) is 59.6 Å². The minimum absolute atomic E-state index is 0.180. The molecule has 0 spiro atoms. The van der Waals surface area contributed by atoms with Gasteiger partial charge in [-0.05, 0) is 43.0 Å². The predicted molar refractivity (Wildman–Crippen MR) is 117 cm³/mol. The van der Waals surface area contributed by atoms with Crippen molar-refractivity contribution in [3.63, 3.8) is 0 Å². The van der Waals surface area contributed by atoms with Gasteiger partial charge in [0.1, 0.15) is 0 Å². The average Bonchev–Trinajstić information content (AvgIpc) is 3.28. The van der Waals surface area contributed by atoms with Crippen molar-refractivity contribution in [1.82, 2.24) is 10.6 Å². The van der Waals surface area contributed by atoms with Crippen LogP contribution in [0, 0.1) is 0 Å². The van der Waals surface area contributed by atoms with Crippen LogP contribution in [-0.2, 0) is 11.3 Å². The van der Waals surface area contributed by atoms with E-state index in [0.717, 1.165) is 19.0 Å². The van der Waals surface area contributed by atoms with E-state index in [4.69, 9.17) is 4.74 Å². The van der Waals surface area contributed by atoms with Crippen LogP contribution < -0.4 is 15.5 Å². The van der Waals surface area contributed by atoms with Crippen LogP contribution in [0.4, 0.5) is 5.69 Å². The van der Waals surface area contributed by atoms with E-state index in [0.29, 0.717) is 19.8 Å². The highest BCUT2D eigenvalue weighted by atomic mass is 16.5. The van der Waals surface area contributed by atoms with Crippen LogP contribution in [0.2, 0.25) is 0 Å². The summed E-state index contributed by atoms with van der Waals surface area (Å²) in [4.78, 5) is 6.80. The van der Waals surface area contributed by atoms with Crippen LogP contribution in [0.1, 0.15) is 36.9 Å². The highest BCUT2D eigenvalue weighted by molar-refractivity contribution is 5.80. The number of anilines is 1. The number of aliphatic imine (C=N–C) groups is 1. The summed E-state index contributed by atoms with van der Waals surface area (Å²) in [5.74, 6) is 0.794. The zero-order chi connectivity index (χ0) is 19.6. The lowest BCUT2D eigenvalue weighted by molar-refractivity contribution is 0.125. The van der Waals surface area contributed by atoms with Crippen molar-refractivity contribution >= 4 is 11.6 Å². The summed E-state index contributed by atoms with van der Waals surface area (Å²) in [5, 5.41) is 6.80. The monoisotopic (exact) mass is 380 g/mol. The molecular formula is C23H32N4O. The molecule has 0 aromatic heterocycles. The number of hydrogen-bond donors (Lipinski definition) is 2. The molecule has 150 valence electrons. The van der Waals surface area contributed by atoms with Gasteiger partial charge in [-0.2, -0.15) is 0 Å². The van der Waals surface area contributed by atoms with E-state index in [1.807, 2.05) is 18.2 Å². The molecule has 0 amide bonds. The Morgan fingerprint density at radius 3 is 2.64 bits per heavy atom. The molecule has 0 aliphatic carbocycles. The minimum atomic E-state index is 0.180. The molecule has 2 aromatic rings. The Balaban J connectivity index is 1.43. The van der Waals surface area contributed by atoms with E-state index in [-0.39, 0.29) is 6.04 Å². The summed E-state index contributed by atoms with van der Waals surface area (Å²) < 4.78 is 5.73. The van der Waals surface area contributed by atoms with Gasteiger partial charge in [0.25, 0.3) is 0 Å². The number of benzene rings is 2. The molecule has 1 unspecified atom stereocenters. The Morgan fingerprint density at radius 1 is 1.11 bits per heavy atom. The minimum Gasteiger partial charge on any atom is -0.375 e. The summed E-state index contributed by atoms with van der Waals surface area (Å²) in [6.07, 6.45) is 2.59. The van der Waals surface area contributed by atoms with E-state index in [1.165, 1.54) is 29.7 Å². The molecule has 1 saturated heterocycles. The third kappa shape index (κ3) is 5.99. The van der Waals surface area contributed by atoms with Crippen LogP contribution in [0.3, 0.4) is 0 Å². The molecule has 0 bridgehead atoms. The molecule has 28 heavy (non-hydrogen) atoms. The second kappa shape index (κ2) is 10.7. The largest absolute Gasteiger partial charge is 0.375 e. The predicted octanol–water partition coefficient (Wildman–Crippen LogP) is 3.73.